The zero-order valence-electron chi connectivity index (χ0n) is 9.72. The predicted octanol–water partition coefficient (Wildman–Crippen LogP) is 3.33. The van der Waals surface area contributed by atoms with Crippen LogP contribution in [0.2, 0.25) is 0 Å². The van der Waals surface area contributed by atoms with Crippen molar-refractivity contribution >= 4 is 39.2 Å². The molecule has 0 aliphatic rings. The van der Waals surface area contributed by atoms with E-state index < -0.39 is 5.91 Å². The fourth-order valence-corrected chi connectivity index (χ4v) is 2.75. The minimum Gasteiger partial charge on any atom is -0.467 e. The summed E-state index contributed by atoms with van der Waals surface area (Å²) in [6.45, 7) is 0.263. The normalized spacial score (nSPS) is 11.1. The maximum Gasteiger partial charge on any atom is 0.262 e. The molecule has 0 aliphatic heterocycles. The average molecular weight is 337 g/mol. The molecular formula is C13H9BrN2O2S. The van der Waals surface area contributed by atoms with Crippen molar-refractivity contribution in [2.24, 2.45) is 0 Å². The van der Waals surface area contributed by atoms with Crippen LogP contribution in [-0.4, -0.2) is 5.91 Å². The lowest BCUT2D eigenvalue weighted by molar-refractivity contribution is -0.117. The molecule has 0 atom stereocenters. The first-order valence-corrected chi connectivity index (χ1v) is 7.02. The van der Waals surface area contributed by atoms with Crippen molar-refractivity contribution in [2.75, 3.05) is 0 Å². The van der Waals surface area contributed by atoms with Crippen LogP contribution in [0, 0.1) is 11.3 Å². The number of nitrogens with one attached hydrogen (secondary N) is 1. The van der Waals surface area contributed by atoms with Gasteiger partial charge in [-0.05, 0) is 40.2 Å². The van der Waals surface area contributed by atoms with Gasteiger partial charge in [0.15, 0.2) is 0 Å². The number of carbonyl (C=O) groups is 1. The van der Waals surface area contributed by atoms with E-state index in [1.165, 1.54) is 17.6 Å². The van der Waals surface area contributed by atoms with Crippen molar-refractivity contribution in [3.05, 3.63) is 50.5 Å². The number of rotatable bonds is 4. The molecule has 1 N–H and O–H groups in total. The smallest absolute Gasteiger partial charge is 0.262 e. The largest absolute Gasteiger partial charge is 0.467 e. The Morgan fingerprint density at radius 2 is 2.47 bits per heavy atom. The highest BCUT2D eigenvalue weighted by atomic mass is 79.9. The highest BCUT2D eigenvalue weighted by molar-refractivity contribution is 9.10. The number of nitrogens with zero attached hydrogens (tertiary/aromatic N) is 1. The second kappa shape index (κ2) is 6.36. The van der Waals surface area contributed by atoms with Crippen LogP contribution in [0.5, 0.6) is 0 Å². The summed E-state index contributed by atoms with van der Waals surface area (Å²) in [4.78, 5) is 12.7. The molecule has 0 saturated heterocycles. The van der Waals surface area contributed by atoms with Gasteiger partial charge < -0.3 is 9.73 Å². The van der Waals surface area contributed by atoms with Crippen molar-refractivity contribution in [3.8, 4) is 6.07 Å². The van der Waals surface area contributed by atoms with E-state index in [-0.39, 0.29) is 12.1 Å². The molecule has 2 heterocycles. The van der Waals surface area contributed by atoms with Gasteiger partial charge in [-0.3, -0.25) is 4.79 Å². The van der Waals surface area contributed by atoms with Gasteiger partial charge in [-0.15, -0.1) is 11.3 Å². The third-order valence-corrected chi connectivity index (χ3v) is 3.88. The molecule has 0 spiro atoms. The second-order valence-corrected chi connectivity index (χ2v) is 5.46. The summed E-state index contributed by atoms with van der Waals surface area (Å²) in [7, 11) is 0. The second-order valence-electron chi connectivity index (χ2n) is 3.60. The SMILES string of the molecule is N#C/C(=C/c1cc(Br)cs1)C(=O)NCc1ccco1. The van der Waals surface area contributed by atoms with E-state index in [1.54, 1.807) is 18.2 Å². The maximum atomic E-state index is 11.8. The molecule has 96 valence electrons. The summed E-state index contributed by atoms with van der Waals surface area (Å²) in [6, 6.07) is 7.25. The first-order chi connectivity index (χ1) is 9.19. The van der Waals surface area contributed by atoms with Crippen molar-refractivity contribution in [3.63, 3.8) is 0 Å². The van der Waals surface area contributed by atoms with Gasteiger partial charge in [-0.1, -0.05) is 0 Å². The lowest BCUT2D eigenvalue weighted by Gasteiger charge is -2.01. The Bertz CT molecular complexity index is 638. The zero-order valence-corrected chi connectivity index (χ0v) is 12.1. The zero-order chi connectivity index (χ0) is 13.7. The molecule has 0 fully saturated rings. The van der Waals surface area contributed by atoms with Gasteiger partial charge >= 0.3 is 0 Å². The maximum absolute atomic E-state index is 11.8. The van der Waals surface area contributed by atoms with E-state index in [1.807, 2.05) is 17.5 Å². The molecule has 2 rings (SSSR count). The van der Waals surface area contributed by atoms with E-state index in [9.17, 15) is 4.79 Å². The molecule has 0 bridgehead atoms. The topological polar surface area (TPSA) is 66.0 Å². The van der Waals surface area contributed by atoms with Crippen molar-refractivity contribution in [1.29, 1.82) is 5.26 Å². The molecule has 1 amide bonds. The molecule has 0 unspecified atom stereocenters. The molecule has 0 aromatic carbocycles. The van der Waals surface area contributed by atoms with Crippen LogP contribution in [-0.2, 0) is 11.3 Å². The molecule has 0 aliphatic carbocycles. The molecule has 4 nitrogen and oxygen atoms in total. The van der Waals surface area contributed by atoms with Gasteiger partial charge in [-0.25, -0.2) is 0 Å². The number of hydrogen-bond acceptors (Lipinski definition) is 4. The molecule has 6 heteroatoms. The third-order valence-electron chi connectivity index (χ3n) is 2.24. The Kier molecular flexibility index (Phi) is 4.55. The molecule has 19 heavy (non-hydrogen) atoms. The Hall–Kier alpha value is -1.84. The summed E-state index contributed by atoms with van der Waals surface area (Å²) >= 11 is 4.78. The van der Waals surface area contributed by atoms with Crippen molar-refractivity contribution in [2.45, 2.75) is 6.54 Å². The number of carbonyl (C=O) groups excluding carboxylic acids is 1. The number of halogens is 1. The summed E-state index contributed by atoms with van der Waals surface area (Å²) < 4.78 is 6.03. The Morgan fingerprint density at radius 1 is 1.63 bits per heavy atom. The Balaban J connectivity index is 2.03. The number of furan rings is 1. The number of hydrogen-bond donors (Lipinski definition) is 1. The third kappa shape index (κ3) is 3.81. The summed E-state index contributed by atoms with van der Waals surface area (Å²) in [6.07, 6.45) is 3.10. The fourth-order valence-electron chi connectivity index (χ4n) is 1.37. The van der Waals surface area contributed by atoms with Gasteiger partial charge in [0.2, 0.25) is 0 Å². The number of amides is 1. The molecule has 2 aromatic rings. The van der Waals surface area contributed by atoms with Crippen molar-refractivity contribution in [1.82, 2.24) is 5.32 Å². The predicted molar refractivity (Wildman–Crippen MR) is 76.2 cm³/mol. The van der Waals surface area contributed by atoms with E-state index in [4.69, 9.17) is 9.68 Å². The van der Waals surface area contributed by atoms with Crippen LogP contribution in [0.15, 0.2) is 44.3 Å². The lowest BCUT2D eigenvalue weighted by Crippen LogP contribution is -2.23. The average Bonchev–Trinajstić information content (AvgIpc) is 3.04. The minimum absolute atomic E-state index is 0.0703. The molecule has 2 aromatic heterocycles. The number of thiophene rings is 1. The fraction of sp³-hybridized carbons (Fsp3) is 0.0769. The summed E-state index contributed by atoms with van der Waals surface area (Å²) in [5, 5.41) is 13.5. The first kappa shape index (κ1) is 13.6. The van der Waals surface area contributed by atoms with Crippen LogP contribution in [0.25, 0.3) is 6.08 Å². The van der Waals surface area contributed by atoms with E-state index in [0.717, 1.165) is 9.35 Å². The monoisotopic (exact) mass is 336 g/mol. The van der Waals surface area contributed by atoms with Crippen LogP contribution in [0.3, 0.4) is 0 Å². The first-order valence-electron chi connectivity index (χ1n) is 5.35. The highest BCUT2D eigenvalue weighted by Gasteiger charge is 2.10. The van der Waals surface area contributed by atoms with Gasteiger partial charge in [0.05, 0.1) is 12.8 Å². The highest BCUT2D eigenvalue weighted by Crippen LogP contribution is 2.22. The van der Waals surface area contributed by atoms with Crippen molar-refractivity contribution < 1.29 is 9.21 Å². The summed E-state index contributed by atoms with van der Waals surface area (Å²) in [5.41, 5.74) is 0.0703. The Morgan fingerprint density at radius 3 is 3.05 bits per heavy atom. The molecular weight excluding hydrogens is 328 g/mol. The Labute approximate surface area is 122 Å². The quantitative estimate of drug-likeness (QED) is 0.687. The minimum atomic E-state index is -0.413. The van der Waals surface area contributed by atoms with E-state index >= 15 is 0 Å². The molecule has 0 radical (unpaired) electrons. The van der Waals surface area contributed by atoms with Crippen LogP contribution < -0.4 is 5.32 Å². The van der Waals surface area contributed by atoms with Gasteiger partial charge in [0.25, 0.3) is 5.91 Å². The van der Waals surface area contributed by atoms with Crippen LogP contribution in [0.4, 0.5) is 0 Å². The van der Waals surface area contributed by atoms with Gasteiger partial charge in [-0.2, -0.15) is 5.26 Å². The van der Waals surface area contributed by atoms with Crippen LogP contribution >= 0.6 is 27.3 Å². The van der Waals surface area contributed by atoms with E-state index in [0.29, 0.717) is 5.76 Å². The molecule has 0 saturated carbocycles. The summed E-state index contributed by atoms with van der Waals surface area (Å²) in [5.74, 6) is 0.230. The van der Waals surface area contributed by atoms with E-state index in [2.05, 4.69) is 21.2 Å². The standard InChI is InChI=1S/C13H9BrN2O2S/c14-10-5-12(19-8-10)4-9(6-15)13(17)16-7-11-2-1-3-18-11/h1-5,8H,7H2,(H,16,17)/b9-4-. The number of nitriles is 1. The van der Waals surface area contributed by atoms with Gasteiger partial charge in [0.1, 0.15) is 17.4 Å². The van der Waals surface area contributed by atoms with Crippen LogP contribution in [0.1, 0.15) is 10.6 Å². The van der Waals surface area contributed by atoms with Gasteiger partial charge in [0, 0.05) is 14.7 Å². The lowest BCUT2D eigenvalue weighted by atomic mass is 10.2.